The van der Waals surface area contributed by atoms with Crippen molar-refractivity contribution in [3.63, 3.8) is 0 Å². The van der Waals surface area contributed by atoms with Gasteiger partial charge in [-0.2, -0.15) is 0 Å². The van der Waals surface area contributed by atoms with E-state index in [1.807, 2.05) is 18.2 Å². The molecule has 2 rings (SSSR count). The molecule has 0 heterocycles. The van der Waals surface area contributed by atoms with E-state index in [2.05, 4.69) is 0 Å². The maximum absolute atomic E-state index is 9.77. The van der Waals surface area contributed by atoms with Crippen LogP contribution in [-0.2, 0) is 0 Å². The first-order valence-corrected chi connectivity index (χ1v) is 4.73. The Morgan fingerprint density at radius 3 is 2.69 bits per heavy atom. The fourth-order valence-electron chi connectivity index (χ4n) is 1.45. The van der Waals surface area contributed by atoms with Crippen molar-refractivity contribution in [3.8, 4) is 0 Å². The lowest BCUT2D eigenvalue weighted by Crippen LogP contribution is -2.27. The van der Waals surface area contributed by atoms with E-state index in [1.165, 1.54) is 0 Å². The Morgan fingerprint density at radius 1 is 1.46 bits per heavy atom. The summed E-state index contributed by atoms with van der Waals surface area (Å²) in [5.41, 5.74) is 6.13. The molecule has 0 bridgehead atoms. The summed E-state index contributed by atoms with van der Waals surface area (Å²) in [7, 11) is 0. The minimum Gasteiger partial charge on any atom is -0.388 e. The smallest absolute Gasteiger partial charge is 0.0841 e. The molecule has 1 atom stereocenters. The van der Waals surface area contributed by atoms with Gasteiger partial charge in [0.1, 0.15) is 0 Å². The van der Waals surface area contributed by atoms with E-state index in [4.69, 9.17) is 17.3 Å². The van der Waals surface area contributed by atoms with Gasteiger partial charge in [0.15, 0.2) is 0 Å². The molecule has 1 unspecified atom stereocenters. The molecule has 0 spiro atoms. The second-order valence-corrected chi connectivity index (χ2v) is 4.07. The Labute approximate surface area is 82.3 Å². The molecular weight excluding hydrogens is 186 g/mol. The molecule has 1 saturated carbocycles. The van der Waals surface area contributed by atoms with Gasteiger partial charge in [-0.1, -0.05) is 23.7 Å². The standard InChI is InChI=1S/C10H12ClNO/c11-8-3-1-2-7(6-8)9(12)10(13)4-5-10/h1-3,6,9,13H,4-5,12H2. The predicted molar refractivity (Wildman–Crippen MR) is 52.6 cm³/mol. The third-order valence-electron chi connectivity index (χ3n) is 2.55. The maximum Gasteiger partial charge on any atom is 0.0841 e. The Hall–Kier alpha value is -0.570. The van der Waals surface area contributed by atoms with Gasteiger partial charge < -0.3 is 10.8 Å². The van der Waals surface area contributed by atoms with E-state index in [0.717, 1.165) is 18.4 Å². The van der Waals surface area contributed by atoms with Crippen molar-refractivity contribution < 1.29 is 5.11 Å². The molecule has 1 aliphatic carbocycles. The highest BCUT2D eigenvalue weighted by molar-refractivity contribution is 6.30. The molecule has 0 saturated heterocycles. The molecule has 2 nitrogen and oxygen atoms in total. The lowest BCUT2D eigenvalue weighted by molar-refractivity contribution is 0.120. The molecule has 13 heavy (non-hydrogen) atoms. The zero-order valence-corrected chi connectivity index (χ0v) is 7.96. The van der Waals surface area contributed by atoms with Crippen LogP contribution in [0.15, 0.2) is 24.3 Å². The minimum atomic E-state index is -0.676. The summed E-state index contributed by atoms with van der Waals surface area (Å²) in [6.45, 7) is 0. The molecule has 1 aromatic carbocycles. The Bertz CT molecular complexity index is 322. The first-order valence-electron chi connectivity index (χ1n) is 4.35. The SMILES string of the molecule is NC(c1cccc(Cl)c1)C1(O)CC1. The van der Waals surface area contributed by atoms with E-state index in [1.54, 1.807) is 6.07 Å². The number of benzene rings is 1. The van der Waals surface area contributed by atoms with Crippen molar-refractivity contribution in [3.05, 3.63) is 34.9 Å². The summed E-state index contributed by atoms with van der Waals surface area (Å²) in [5.74, 6) is 0. The minimum absolute atomic E-state index is 0.300. The maximum atomic E-state index is 9.77. The van der Waals surface area contributed by atoms with Gasteiger partial charge in [0.05, 0.1) is 11.6 Å². The quantitative estimate of drug-likeness (QED) is 0.761. The van der Waals surface area contributed by atoms with Gasteiger partial charge in [-0.3, -0.25) is 0 Å². The highest BCUT2D eigenvalue weighted by Gasteiger charge is 2.46. The first-order chi connectivity index (χ1) is 6.12. The lowest BCUT2D eigenvalue weighted by atomic mass is 10.0. The van der Waals surface area contributed by atoms with Crippen LogP contribution in [-0.4, -0.2) is 10.7 Å². The summed E-state index contributed by atoms with van der Waals surface area (Å²) in [5, 5.41) is 10.4. The summed E-state index contributed by atoms with van der Waals surface area (Å²) < 4.78 is 0. The Kier molecular flexibility index (Phi) is 2.06. The molecule has 3 N–H and O–H groups in total. The second-order valence-electron chi connectivity index (χ2n) is 3.64. The second kappa shape index (κ2) is 2.98. The van der Waals surface area contributed by atoms with Crippen LogP contribution in [0.4, 0.5) is 0 Å². The highest BCUT2D eigenvalue weighted by Crippen LogP contribution is 2.44. The van der Waals surface area contributed by atoms with Crippen LogP contribution in [0.25, 0.3) is 0 Å². The molecule has 1 aromatic rings. The van der Waals surface area contributed by atoms with Crippen molar-refractivity contribution >= 4 is 11.6 Å². The predicted octanol–water partition coefficient (Wildman–Crippen LogP) is 1.86. The number of hydrogen-bond donors (Lipinski definition) is 2. The van der Waals surface area contributed by atoms with Crippen LogP contribution in [0.2, 0.25) is 5.02 Å². The van der Waals surface area contributed by atoms with Crippen LogP contribution < -0.4 is 5.73 Å². The zero-order valence-electron chi connectivity index (χ0n) is 7.20. The molecule has 3 heteroatoms. The average molecular weight is 198 g/mol. The van der Waals surface area contributed by atoms with Crippen LogP contribution >= 0.6 is 11.6 Å². The van der Waals surface area contributed by atoms with Crippen molar-refractivity contribution in [1.82, 2.24) is 0 Å². The van der Waals surface area contributed by atoms with E-state index in [-0.39, 0.29) is 6.04 Å². The van der Waals surface area contributed by atoms with Crippen molar-refractivity contribution in [2.24, 2.45) is 5.73 Å². The Balaban J connectivity index is 2.25. The fourth-order valence-corrected chi connectivity index (χ4v) is 1.65. The number of nitrogens with two attached hydrogens (primary N) is 1. The number of hydrogen-bond acceptors (Lipinski definition) is 2. The average Bonchev–Trinajstić information content (AvgIpc) is 2.84. The van der Waals surface area contributed by atoms with Crippen molar-refractivity contribution in [1.29, 1.82) is 0 Å². The first kappa shape index (κ1) is 9.00. The summed E-state index contributed by atoms with van der Waals surface area (Å²) >= 11 is 5.82. The normalized spacial score (nSPS) is 21.2. The van der Waals surface area contributed by atoms with Gasteiger partial charge in [-0.15, -0.1) is 0 Å². The monoisotopic (exact) mass is 197 g/mol. The number of halogens is 1. The van der Waals surface area contributed by atoms with Crippen LogP contribution in [0.5, 0.6) is 0 Å². The third-order valence-corrected chi connectivity index (χ3v) is 2.78. The van der Waals surface area contributed by atoms with Gasteiger partial charge >= 0.3 is 0 Å². The number of aliphatic hydroxyl groups is 1. The molecule has 0 aromatic heterocycles. The van der Waals surface area contributed by atoms with Crippen molar-refractivity contribution in [2.75, 3.05) is 0 Å². The van der Waals surface area contributed by atoms with Crippen LogP contribution in [0.1, 0.15) is 24.4 Å². The van der Waals surface area contributed by atoms with E-state index >= 15 is 0 Å². The Morgan fingerprint density at radius 2 is 2.15 bits per heavy atom. The van der Waals surface area contributed by atoms with Gasteiger partial charge in [0, 0.05) is 5.02 Å². The summed E-state index contributed by atoms with van der Waals surface area (Å²) in [4.78, 5) is 0. The van der Waals surface area contributed by atoms with E-state index in [0.29, 0.717) is 5.02 Å². The highest BCUT2D eigenvalue weighted by atomic mass is 35.5. The van der Waals surface area contributed by atoms with Crippen LogP contribution in [0, 0.1) is 0 Å². The molecule has 1 aliphatic rings. The molecule has 0 aliphatic heterocycles. The largest absolute Gasteiger partial charge is 0.388 e. The fraction of sp³-hybridized carbons (Fsp3) is 0.400. The van der Waals surface area contributed by atoms with Crippen molar-refractivity contribution in [2.45, 2.75) is 24.5 Å². The lowest BCUT2D eigenvalue weighted by Gasteiger charge is -2.17. The summed E-state index contributed by atoms with van der Waals surface area (Å²) in [6, 6.07) is 7.05. The van der Waals surface area contributed by atoms with Crippen LogP contribution in [0.3, 0.4) is 0 Å². The molecular formula is C10H12ClNO. The molecule has 0 amide bonds. The van der Waals surface area contributed by atoms with E-state index in [9.17, 15) is 5.11 Å². The van der Waals surface area contributed by atoms with Gasteiger partial charge in [0.2, 0.25) is 0 Å². The number of rotatable bonds is 2. The topological polar surface area (TPSA) is 46.2 Å². The van der Waals surface area contributed by atoms with Gasteiger partial charge in [-0.05, 0) is 30.5 Å². The summed E-state index contributed by atoms with van der Waals surface area (Å²) in [6.07, 6.45) is 1.58. The van der Waals surface area contributed by atoms with Gasteiger partial charge in [0.25, 0.3) is 0 Å². The zero-order chi connectivity index (χ0) is 9.47. The van der Waals surface area contributed by atoms with E-state index < -0.39 is 5.60 Å². The van der Waals surface area contributed by atoms with Gasteiger partial charge in [-0.25, -0.2) is 0 Å². The third kappa shape index (κ3) is 1.70. The molecule has 1 fully saturated rings. The molecule has 70 valence electrons. The molecule has 0 radical (unpaired) electrons.